The van der Waals surface area contributed by atoms with Crippen molar-refractivity contribution in [1.29, 1.82) is 0 Å². The summed E-state index contributed by atoms with van der Waals surface area (Å²) in [5, 5.41) is 6.71. The van der Waals surface area contributed by atoms with Gasteiger partial charge in [0.05, 0.1) is 12.2 Å². The van der Waals surface area contributed by atoms with Gasteiger partial charge in [-0.05, 0) is 23.8 Å². The zero-order valence-corrected chi connectivity index (χ0v) is 16.2. The Bertz CT molecular complexity index is 639. The van der Waals surface area contributed by atoms with Gasteiger partial charge in [-0.25, -0.2) is 0 Å². The van der Waals surface area contributed by atoms with Crippen LogP contribution in [-0.2, 0) is 4.74 Å². The third-order valence-corrected chi connectivity index (χ3v) is 3.50. The molecule has 0 unspecified atom stereocenters. The number of carbonyl (C=O) groups excluding carboxylic acids is 1. The van der Waals surface area contributed by atoms with Crippen LogP contribution in [0.15, 0.2) is 42.7 Å². The summed E-state index contributed by atoms with van der Waals surface area (Å²) in [5.41, 5.74) is 2.39. The predicted octanol–water partition coefficient (Wildman–Crippen LogP) is 3.21. The molecule has 0 aliphatic carbocycles. The summed E-state index contributed by atoms with van der Waals surface area (Å²) in [6.45, 7) is 2.66. The minimum atomic E-state index is -0.137. The molecule has 2 aromatic rings. The highest BCUT2D eigenvalue weighted by Gasteiger charge is 2.07. The second kappa shape index (κ2) is 12.9. The van der Waals surface area contributed by atoms with Crippen molar-refractivity contribution in [1.82, 2.24) is 15.6 Å². The van der Waals surface area contributed by atoms with Crippen LogP contribution in [-0.4, -0.2) is 44.2 Å². The van der Waals surface area contributed by atoms with Gasteiger partial charge in [0, 0.05) is 49.7 Å². The third-order valence-electron chi connectivity index (χ3n) is 3.25. The van der Waals surface area contributed by atoms with Crippen LogP contribution in [0.25, 0.3) is 11.1 Å². The smallest absolute Gasteiger partial charge is 0.252 e. The van der Waals surface area contributed by atoms with Crippen molar-refractivity contribution < 1.29 is 9.53 Å². The van der Waals surface area contributed by atoms with E-state index in [2.05, 4.69) is 15.6 Å². The van der Waals surface area contributed by atoms with Gasteiger partial charge in [0.1, 0.15) is 0 Å². The molecular weight excluding hydrogens is 385 g/mol. The summed E-state index contributed by atoms with van der Waals surface area (Å²) in [7, 11) is 1.66. The number of pyridine rings is 1. The Balaban J connectivity index is 0.00000288. The molecule has 1 heterocycles. The van der Waals surface area contributed by atoms with Gasteiger partial charge in [0.25, 0.3) is 5.91 Å². The first kappa shape index (κ1) is 23.6. The summed E-state index contributed by atoms with van der Waals surface area (Å²) in [6.07, 6.45) is 3.29. The van der Waals surface area contributed by atoms with Crippen molar-refractivity contribution in [3.63, 3.8) is 0 Å². The van der Waals surface area contributed by atoms with Gasteiger partial charge >= 0.3 is 0 Å². The second-order valence-corrected chi connectivity index (χ2v) is 5.40. The van der Waals surface area contributed by atoms with Crippen LogP contribution in [0.3, 0.4) is 0 Å². The van der Waals surface area contributed by atoms with Gasteiger partial charge in [-0.2, -0.15) is 0 Å². The second-order valence-electron chi connectivity index (χ2n) is 4.97. The highest BCUT2D eigenvalue weighted by Crippen LogP contribution is 2.21. The highest BCUT2D eigenvalue weighted by molar-refractivity contribution is 6.30. The van der Waals surface area contributed by atoms with E-state index >= 15 is 0 Å². The van der Waals surface area contributed by atoms with E-state index in [1.165, 1.54) is 0 Å². The van der Waals surface area contributed by atoms with Crippen LogP contribution in [0.4, 0.5) is 0 Å². The van der Waals surface area contributed by atoms with Crippen molar-refractivity contribution in [2.24, 2.45) is 0 Å². The van der Waals surface area contributed by atoms with Crippen LogP contribution in [0.1, 0.15) is 10.4 Å². The molecule has 0 spiro atoms. The van der Waals surface area contributed by atoms with Gasteiger partial charge in [-0.15, -0.1) is 24.8 Å². The predicted molar refractivity (Wildman–Crippen MR) is 106 cm³/mol. The largest absolute Gasteiger partial charge is 0.383 e. The highest BCUT2D eigenvalue weighted by atomic mass is 35.5. The number of methoxy groups -OCH3 is 1. The summed E-state index contributed by atoms with van der Waals surface area (Å²) < 4.78 is 4.94. The molecule has 5 nitrogen and oxygen atoms in total. The maximum Gasteiger partial charge on any atom is 0.252 e. The molecule has 25 heavy (non-hydrogen) atoms. The zero-order chi connectivity index (χ0) is 16.5. The van der Waals surface area contributed by atoms with Crippen LogP contribution in [0.5, 0.6) is 0 Å². The van der Waals surface area contributed by atoms with Gasteiger partial charge in [0.2, 0.25) is 0 Å². The number of hydrogen-bond acceptors (Lipinski definition) is 4. The number of nitrogens with one attached hydrogen (secondary N) is 2. The Morgan fingerprint density at radius 2 is 1.80 bits per heavy atom. The maximum atomic E-state index is 12.1. The third kappa shape index (κ3) is 8.03. The molecule has 1 aromatic carbocycles. The van der Waals surface area contributed by atoms with E-state index in [-0.39, 0.29) is 30.7 Å². The number of hydrogen-bond donors (Lipinski definition) is 2. The van der Waals surface area contributed by atoms with Crippen LogP contribution >= 0.6 is 36.4 Å². The van der Waals surface area contributed by atoms with E-state index in [0.717, 1.165) is 17.7 Å². The molecule has 0 radical (unpaired) electrons. The topological polar surface area (TPSA) is 63.2 Å². The van der Waals surface area contributed by atoms with Crippen LogP contribution < -0.4 is 10.6 Å². The van der Waals surface area contributed by atoms with Crippen molar-refractivity contribution in [2.45, 2.75) is 0 Å². The Labute approximate surface area is 165 Å². The number of rotatable bonds is 8. The number of nitrogens with zero attached hydrogens (tertiary/aromatic N) is 1. The molecule has 0 saturated carbocycles. The van der Waals surface area contributed by atoms with Crippen molar-refractivity contribution in [2.75, 3.05) is 33.4 Å². The molecular formula is C17H22Cl3N3O2. The minimum absolute atomic E-state index is 0. The Hall–Kier alpha value is -1.37. The molecule has 2 rings (SSSR count). The van der Waals surface area contributed by atoms with Crippen molar-refractivity contribution in [3.05, 3.63) is 53.3 Å². The van der Waals surface area contributed by atoms with Gasteiger partial charge in [-0.1, -0.05) is 23.7 Å². The number of aromatic nitrogens is 1. The van der Waals surface area contributed by atoms with Crippen molar-refractivity contribution >= 4 is 42.3 Å². The van der Waals surface area contributed by atoms with Crippen LogP contribution in [0.2, 0.25) is 5.02 Å². The lowest BCUT2D eigenvalue weighted by Gasteiger charge is -2.08. The lowest BCUT2D eigenvalue weighted by atomic mass is 10.1. The van der Waals surface area contributed by atoms with E-state index in [1.807, 2.05) is 30.3 Å². The quantitative estimate of drug-likeness (QED) is 0.661. The molecule has 138 valence electrons. The van der Waals surface area contributed by atoms with E-state index in [4.69, 9.17) is 16.3 Å². The summed E-state index contributed by atoms with van der Waals surface area (Å²) in [5.74, 6) is -0.137. The molecule has 1 amide bonds. The molecule has 0 bridgehead atoms. The van der Waals surface area contributed by atoms with Gasteiger partial charge in [-0.3, -0.25) is 9.78 Å². The van der Waals surface area contributed by atoms with E-state index in [0.29, 0.717) is 30.3 Å². The molecule has 0 atom stereocenters. The number of ether oxygens (including phenoxy) is 1. The Kier molecular flexibility index (Phi) is 12.2. The minimum Gasteiger partial charge on any atom is -0.383 e. The van der Waals surface area contributed by atoms with E-state index < -0.39 is 0 Å². The molecule has 1 aromatic heterocycles. The summed E-state index contributed by atoms with van der Waals surface area (Å²) in [4.78, 5) is 16.3. The molecule has 8 heteroatoms. The first-order valence-corrected chi connectivity index (χ1v) is 7.77. The Morgan fingerprint density at radius 3 is 2.48 bits per heavy atom. The molecule has 0 saturated heterocycles. The van der Waals surface area contributed by atoms with Gasteiger partial charge in [0.15, 0.2) is 0 Å². The fourth-order valence-electron chi connectivity index (χ4n) is 2.03. The standard InChI is InChI=1S/C17H20ClN3O2.2ClH/c1-23-9-8-19-6-7-21-17(22)15-10-14(11-20-12-15)13-2-4-16(18)5-3-13;;/h2-5,10-12,19H,6-9H2,1H3,(H,21,22);2*1H. The zero-order valence-electron chi connectivity index (χ0n) is 13.8. The number of carbonyl (C=O) groups is 1. The monoisotopic (exact) mass is 405 g/mol. The summed E-state index contributed by atoms with van der Waals surface area (Å²) >= 11 is 5.89. The maximum absolute atomic E-state index is 12.1. The first-order valence-electron chi connectivity index (χ1n) is 7.39. The molecule has 0 fully saturated rings. The molecule has 0 aliphatic rings. The normalized spacial score (nSPS) is 9.68. The van der Waals surface area contributed by atoms with Crippen LogP contribution in [0, 0.1) is 0 Å². The SMILES string of the molecule is COCCNCCNC(=O)c1cncc(-c2ccc(Cl)cc2)c1.Cl.Cl. The van der Waals surface area contributed by atoms with Crippen molar-refractivity contribution in [3.8, 4) is 11.1 Å². The molecule has 2 N–H and O–H groups in total. The summed E-state index contributed by atoms with van der Waals surface area (Å²) in [6, 6.07) is 9.26. The number of benzene rings is 1. The number of amides is 1. The number of halogens is 3. The Morgan fingerprint density at radius 1 is 1.08 bits per heavy atom. The first-order chi connectivity index (χ1) is 11.2. The lowest BCUT2D eigenvalue weighted by molar-refractivity contribution is 0.0953. The fraction of sp³-hybridized carbons (Fsp3) is 0.294. The van der Waals surface area contributed by atoms with E-state index in [9.17, 15) is 4.79 Å². The fourth-order valence-corrected chi connectivity index (χ4v) is 2.16. The molecule has 0 aliphatic heterocycles. The average molecular weight is 407 g/mol. The average Bonchev–Trinajstić information content (AvgIpc) is 2.58. The van der Waals surface area contributed by atoms with Gasteiger partial charge < -0.3 is 15.4 Å². The van der Waals surface area contributed by atoms with E-state index in [1.54, 1.807) is 19.5 Å². The lowest BCUT2D eigenvalue weighted by Crippen LogP contribution is -2.33.